The van der Waals surface area contributed by atoms with Crippen molar-refractivity contribution in [3.05, 3.63) is 39.8 Å². The number of aromatic nitrogens is 3. The second-order valence-corrected chi connectivity index (χ2v) is 11.7. The van der Waals surface area contributed by atoms with Crippen molar-refractivity contribution in [2.45, 2.75) is 24.8 Å². The summed E-state index contributed by atoms with van der Waals surface area (Å²) in [6.07, 6.45) is 3.03. The van der Waals surface area contributed by atoms with Crippen LogP contribution in [0.5, 0.6) is 5.75 Å². The highest BCUT2D eigenvalue weighted by molar-refractivity contribution is 6.33. The first-order valence-electron chi connectivity index (χ1n) is 12.8. The van der Waals surface area contributed by atoms with Crippen LogP contribution in [0.15, 0.2) is 29.2 Å². The Morgan fingerprint density at radius 1 is 1.18 bits per heavy atom. The van der Waals surface area contributed by atoms with Gasteiger partial charge in [-0.2, -0.15) is 4.98 Å². The number of halogens is 3. The predicted octanol–water partition coefficient (Wildman–Crippen LogP) is 3.70. The maximum atomic E-state index is 14.9. The van der Waals surface area contributed by atoms with Crippen LogP contribution in [0.1, 0.15) is 12.8 Å². The van der Waals surface area contributed by atoms with Gasteiger partial charge < -0.3 is 29.7 Å². The number of pyridine rings is 1. The molecule has 1 aromatic carbocycles. The molecule has 2 N–H and O–H groups in total. The number of benzene rings is 1. The van der Waals surface area contributed by atoms with Crippen molar-refractivity contribution in [2.75, 3.05) is 55.4 Å². The van der Waals surface area contributed by atoms with E-state index in [0.717, 1.165) is 39.0 Å². The first-order valence-corrected chi connectivity index (χ1v) is 13.2. The number of hydrogen-bond donors (Lipinski definition) is 2. The summed E-state index contributed by atoms with van der Waals surface area (Å²) in [6.45, 7) is 3.15. The summed E-state index contributed by atoms with van der Waals surface area (Å²) < 4.78 is 36.7. The van der Waals surface area contributed by atoms with Crippen LogP contribution in [0.3, 0.4) is 0 Å². The molecule has 3 aromatic rings. The van der Waals surface area contributed by atoms with Crippen molar-refractivity contribution in [3.8, 4) is 5.75 Å². The van der Waals surface area contributed by atoms with Crippen molar-refractivity contribution in [2.24, 2.45) is 18.4 Å². The van der Waals surface area contributed by atoms with E-state index in [9.17, 15) is 13.6 Å². The van der Waals surface area contributed by atoms with Gasteiger partial charge in [-0.15, -0.1) is 0 Å². The summed E-state index contributed by atoms with van der Waals surface area (Å²) in [4.78, 5) is 26.6. The van der Waals surface area contributed by atoms with Crippen molar-refractivity contribution >= 4 is 45.6 Å². The molecule has 1 spiro atoms. The molecule has 38 heavy (non-hydrogen) atoms. The fourth-order valence-corrected chi connectivity index (χ4v) is 6.36. The van der Waals surface area contributed by atoms with Gasteiger partial charge in [0.1, 0.15) is 5.02 Å². The Morgan fingerprint density at radius 3 is 2.66 bits per heavy atom. The number of nitrogens with zero attached hydrogens (tertiary/aromatic N) is 5. The summed E-state index contributed by atoms with van der Waals surface area (Å²) in [5.74, 6) is -2.28. The Kier molecular flexibility index (Phi) is 5.13. The lowest BCUT2D eigenvalue weighted by Gasteiger charge is -2.59. The first kappa shape index (κ1) is 23.9. The first-order chi connectivity index (χ1) is 18.1. The molecule has 7 rings (SSSR count). The zero-order chi connectivity index (χ0) is 26.4. The third-order valence-electron chi connectivity index (χ3n) is 8.15. The number of hydrogen-bond acceptors (Lipinski definition) is 8. The van der Waals surface area contributed by atoms with E-state index in [2.05, 4.69) is 37.4 Å². The van der Waals surface area contributed by atoms with E-state index in [4.69, 9.17) is 16.3 Å². The molecule has 1 aliphatic carbocycles. The van der Waals surface area contributed by atoms with Crippen LogP contribution in [0.2, 0.25) is 5.02 Å². The second-order valence-electron chi connectivity index (χ2n) is 11.3. The van der Waals surface area contributed by atoms with E-state index >= 15 is 0 Å². The summed E-state index contributed by atoms with van der Waals surface area (Å²) in [6, 6.07) is 4.29. The molecule has 0 radical (unpaired) electrons. The molecule has 1 saturated carbocycles. The predicted molar refractivity (Wildman–Crippen MR) is 142 cm³/mol. The average molecular weight is 544 g/mol. The van der Waals surface area contributed by atoms with Gasteiger partial charge >= 0.3 is 5.92 Å². The summed E-state index contributed by atoms with van der Waals surface area (Å²) in [5.41, 5.74) is 1.42. The van der Waals surface area contributed by atoms with Gasteiger partial charge in [0.05, 0.1) is 23.4 Å². The monoisotopic (exact) mass is 543 g/mol. The second kappa shape index (κ2) is 8.16. The molecule has 9 nitrogen and oxygen atoms in total. The molecule has 0 unspecified atom stereocenters. The Labute approximate surface area is 222 Å². The molecule has 2 saturated heterocycles. The lowest BCUT2D eigenvalue weighted by Crippen LogP contribution is -2.71. The zero-order valence-electron chi connectivity index (χ0n) is 21.1. The molecule has 2 aromatic heterocycles. The molecule has 3 fully saturated rings. The van der Waals surface area contributed by atoms with Gasteiger partial charge in [0.15, 0.2) is 12.4 Å². The zero-order valence-corrected chi connectivity index (χ0v) is 21.9. The topological polar surface area (TPSA) is 87.5 Å². The molecule has 12 heteroatoms. The highest BCUT2D eigenvalue weighted by Crippen LogP contribution is 2.46. The van der Waals surface area contributed by atoms with E-state index in [0.29, 0.717) is 44.5 Å². The summed E-state index contributed by atoms with van der Waals surface area (Å²) in [5, 5.41) is 7.23. The van der Waals surface area contributed by atoms with Gasteiger partial charge in [0.2, 0.25) is 11.7 Å². The van der Waals surface area contributed by atoms with Crippen LogP contribution >= 0.6 is 11.6 Å². The molecule has 4 aliphatic rings. The normalized spacial score (nSPS) is 23.6. The van der Waals surface area contributed by atoms with Gasteiger partial charge in [-0.25, -0.2) is 13.8 Å². The fourth-order valence-electron chi connectivity index (χ4n) is 6.22. The molecule has 5 heterocycles. The molecular weight excluding hydrogens is 516 g/mol. The van der Waals surface area contributed by atoms with Crippen LogP contribution in [-0.4, -0.2) is 71.2 Å². The van der Waals surface area contributed by atoms with Crippen LogP contribution < -0.4 is 25.8 Å². The van der Waals surface area contributed by atoms with Gasteiger partial charge in [-0.1, -0.05) is 11.6 Å². The Balaban J connectivity index is 1.23. The summed E-state index contributed by atoms with van der Waals surface area (Å²) >= 11 is 6.45. The van der Waals surface area contributed by atoms with Gasteiger partial charge in [-0.3, -0.25) is 4.79 Å². The van der Waals surface area contributed by atoms with E-state index in [1.165, 1.54) is 4.57 Å². The van der Waals surface area contributed by atoms with Crippen molar-refractivity contribution in [3.63, 3.8) is 0 Å². The maximum Gasteiger partial charge on any atom is 0.301 e. The number of nitrogens with one attached hydrogen (secondary N) is 2. The number of rotatable bonds is 4. The summed E-state index contributed by atoms with van der Waals surface area (Å²) in [7, 11) is 3.73. The minimum Gasteiger partial charge on any atom is -0.480 e. The Morgan fingerprint density at radius 2 is 1.95 bits per heavy atom. The van der Waals surface area contributed by atoms with Crippen LogP contribution in [0.25, 0.3) is 10.9 Å². The molecule has 0 amide bonds. The van der Waals surface area contributed by atoms with Crippen molar-refractivity contribution in [1.29, 1.82) is 0 Å². The number of aryl methyl sites for hydroxylation is 1. The van der Waals surface area contributed by atoms with Gasteiger partial charge in [0, 0.05) is 49.7 Å². The van der Waals surface area contributed by atoms with Crippen molar-refractivity contribution in [1.82, 2.24) is 19.4 Å². The van der Waals surface area contributed by atoms with Crippen LogP contribution in [-0.2, 0) is 7.05 Å². The molecule has 1 atom stereocenters. The molecule has 0 bridgehead atoms. The average Bonchev–Trinajstić information content (AvgIpc) is 3.68. The molecule has 200 valence electrons. The van der Waals surface area contributed by atoms with Gasteiger partial charge in [0.25, 0.3) is 5.56 Å². The minimum atomic E-state index is -3.09. The van der Waals surface area contributed by atoms with E-state index < -0.39 is 24.1 Å². The quantitative estimate of drug-likeness (QED) is 0.515. The fraction of sp³-hybridized carbons (Fsp3) is 0.500. The lowest BCUT2D eigenvalue weighted by molar-refractivity contribution is -0.0579. The third kappa shape index (κ3) is 3.78. The number of fused-ring (bicyclic) bond motifs is 3. The van der Waals surface area contributed by atoms with E-state index in [1.807, 2.05) is 0 Å². The minimum absolute atomic E-state index is 0.0873. The van der Waals surface area contributed by atoms with Crippen LogP contribution in [0, 0.1) is 11.3 Å². The number of alkyl halides is 2. The molecular formula is C26H28ClF2N7O2. The Hall–Kier alpha value is -3.18. The Bertz CT molecular complexity index is 1510. The van der Waals surface area contributed by atoms with E-state index in [-0.39, 0.29) is 11.7 Å². The SMILES string of the molecule is CN1CC2(C1)CN(c1ncc(Cl)c(Nc3ccc4c(c3)c3c(c(=O)n4C)OCC(F)(F)[C@H](C4CC4)N3)n1)C2. The number of anilines is 4. The largest absolute Gasteiger partial charge is 0.480 e. The highest BCUT2D eigenvalue weighted by Gasteiger charge is 2.52. The highest BCUT2D eigenvalue weighted by atomic mass is 35.5. The smallest absolute Gasteiger partial charge is 0.301 e. The standard InChI is InChI=1S/C26H28ClF2N7O2/c1-34-9-25(10-34)11-36(12-25)24-30-8-17(27)22(33-24)31-15-5-6-18-16(7-15)19-20(23(37)35(18)2)38-13-26(28,29)21(32-19)14-3-4-14/h5-8,14,21,32H,3-4,9-13H2,1-2H3,(H,30,31,33)/t21-/m0/s1. The third-order valence-corrected chi connectivity index (χ3v) is 8.43. The maximum absolute atomic E-state index is 14.9. The number of likely N-dealkylation sites (tertiary alicyclic amines) is 1. The van der Waals surface area contributed by atoms with Crippen molar-refractivity contribution < 1.29 is 13.5 Å². The lowest BCUT2D eigenvalue weighted by atomic mass is 9.73. The van der Waals surface area contributed by atoms with E-state index in [1.54, 1.807) is 31.4 Å². The van der Waals surface area contributed by atoms with Gasteiger partial charge in [-0.05, 0) is 44.0 Å². The molecule has 3 aliphatic heterocycles. The van der Waals surface area contributed by atoms with Crippen LogP contribution in [0.4, 0.5) is 31.9 Å². The number of ether oxygens (including phenoxy) is 1.